The summed E-state index contributed by atoms with van der Waals surface area (Å²) in [5.74, 6) is 0.679. The number of para-hydroxylation sites is 1. The van der Waals surface area contributed by atoms with E-state index in [4.69, 9.17) is 9.47 Å². The quantitative estimate of drug-likeness (QED) is 0.588. The van der Waals surface area contributed by atoms with Crippen molar-refractivity contribution in [2.24, 2.45) is 0 Å². The highest BCUT2D eigenvalue weighted by Gasteiger charge is 2.18. The maximum absolute atomic E-state index is 12.9. The van der Waals surface area contributed by atoms with Crippen LogP contribution in [0.1, 0.15) is 49.5 Å². The molecule has 0 aliphatic heterocycles. The zero-order valence-electron chi connectivity index (χ0n) is 18.4. The summed E-state index contributed by atoms with van der Waals surface area (Å²) >= 11 is 0. The smallest absolute Gasteiger partial charge is 0.254 e. The molecule has 0 aliphatic carbocycles. The minimum Gasteiger partial charge on any atom is -0.490 e. The molecule has 0 bridgehead atoms. The van der Waals surface area contributed by atoms with E-state index in [0.717, 1.165) is 30.5 Å². The zero-order chi connectivity index (χ0) is 21.9. The molecule has 0 heterocycles. The molecule has 162 valence electrons. The molecule has 2 aromatic rings. The molecule has 2 amide bonds. The minimum absolute atomic E-state index is 0.0455. The van der Waals surface area contributed by atoms with Gasteiger partial charge in [-0.2, -0.15) is 0 Å². The molecule has 0 saturated heterocycles. The molecule has 0 aromatic heterocycles. The second kappa shape index (κ2) is 11.9. The number of carbonyl (C=O) groups excluding carboxylic acids is 2. The molecule has 0 aliphatic rings. The van der Waals surface area contributed by atoms with Crippen molar-refractivity contribution in [3.8, 4) is 11.5 Å². The standard InChI is InChI=1S/C24H32N2O4/c1-5-14-29-21-13-12-19(16-22(21)30-15-6-2)24(28)26(4)17-23(27)25-20-11-9-8-10-18(20)7-3/h8-13,16H,5-7,14-15,17H2,1-4H3,(H,25,27). The lowest BCUT2D eigenvalue weighted by atomic mass is 10.1. The number of ether oxygens (including phenoxy) is 2. The van der Waals surface area contributed by atoms with Gasteiger partial charge in [0.2, 0.25) is 5.91 Å². The van der Waals surface area contributed by atoms with Crippen LogP contribution >= 0.6 is 0 Å². The van der Waals surface area contributed by atoms with Gasteiger partial charge < -0.3 is 19.7 Å². The predicted molar refractivity (Wildman–Crippen MR) is 119 cm³/mol. The fraction of sp³-hybridized carbons (Fsp3) is 0.417. The van der Waals surface area contributed by atoms with Crippen molar-refractivity contribution in [2.45, 2.75) is 40.0 Å². The Labute approximate surface area is 179 Å². The molecule has 0 saturated carbocycles. The van der Waals surface area contributed by atoms with Gasteiger partial charge in [0, 0.05) is 18.3 Å². The van der Waals surface area contributed by atoms with Gasteiger partial charge in [0.25, 0.3) is 5.91 Å². The second-order valence-electron chi connectivity index (χ2n) is 7.08. The summed E-state index contributed by atoms with van der Waals surface area (Å²) in [4.78, 5) is 26.7. The SMILES string of the molecule is CCCOc1ccc(C(=O)N(C)CC(=O)Nc2ccccc2CC)cc1OCCC. The van der Waals surface area contributed by atoms with Crippen LogP contribution in [0.3, 0.4) is 0 Å². The Hall–Kier alpha value is -3.02. The fourth-order valence-corrected chi connectivity index (χ4v) is 2.95. The first-order valence-electron chi connectivity index (χ1n) is 10.5. The van der Waals surface area contributed by atoms with Crippen LogP contribution in [0.15, 0.2) is 42.5 Å². The number of nitrogens with zero attached hydrogens (tertiary/aromatic N) is 1. The van der Waals surface area contributed by atoms with Crippen molar-refractivity contribution in [3.05, 3.63) is 53.6 Å². The van der Waals surface area contributed by atoms with E-state index in [1.54, 1.807) is 25.2 Å². The Morgan fingerprint density at radius 2 is 1.60 bits per heavy atom. The lowest BCUT2D eigenvalue weighted by Crippen LogP contribution is -2.35. The van der Waals surface area contributed by atoms with E-state index in [1.165, 1.54) is 4.90 Å². The maximum Gasteiger partial charge on any atom is 0.254 e. The Bertz CT molecular complexity index is 851. The van der Waals surface area contributed by atoms with Crippen LogP contribution in [0.25, 0.3) is 0 Å². The van der Waals surface area contributed by atoms with Gasteiger partial charge in [-0.3, -0.25) is 9.59 Å². The summed E-state index contributed by atoms with van der Waals surface area (Å²) in [6, 6.07) is 12.8. The zero-order valence-corrected chi connectivity index (χ0v) is 18.4. The van der Waals surface area contributed by atoms with Gasteiger partial charge in [0.05, 0.1) is 19.8 Å². The topological polar surface area (TPSA) is 67.9 Å². The predicted octanol–water partition coefficient (Wildman–Crippen LogP) is 4.54. The van der Waals surface area contributed by atoms with Crippen LogP contribution in [0, 0.1) is 0 Å². The number of aryl methyl sites for hydroxylation is 1. The van der Waals surface area contributed by atoms with Crippen molar-refractivity contribution < 1.29 is 19.1 Å². The van der Waals surface area contributed by atoms with E-state index >= 15 is 0 Å². The molecule has 0 spiro atoms. The highest BCUT2D eigenvalue weighted by molar-refractivity contribution is 5.99. The van der Waals surface area contributed by atoms with Gasteiger partial charge in [-0.25, -0.2) is 0 Å². The number of rotatable bonds is 11. The number of carbonyl (C=O) groups is 2. The maximum atomic E-state index is 12.9. The first-order chi connectivity index (χ1) is 14.5. The average Bonchev–Trinajstić information content (AvgIpc) is 2.76. The molecule has 2 rings (SSSR count). The lowest BCUT2D eigenvalue weighted by Gasteiger charge is -2.19. The normalized spacial score (nSPS) is 10.4. The number of hydrogen-bond donors (Lipinski definition) is 1. The van der Waals surface area contributed by atoms with E-state index < -0.39 is 0 Å². The first-order valence-corrected chi connectivity index (χ1v) is 10.5. The summed E-state index contributed by atoms with van der Waals surface area (Å²) in [5, 5.41) is 2.89. The summed E-state index contributed by atoms with van der Waals surface area (Å²) in [6.07, 6.45) is 2.55. The van der Waals surface area contributed by atoms with Gasteiger partial charge in [0.15, 0.2) is 11.5 Å². The number of benzene rings is 2. The Balaban J connectivity index is 2.07. The van der Waals surface area contributed by atoms with E-state index in [9.17, 15) is 9.59 Å². The third-order valence-corrected chi connectivity index (χ3v) is 4.51. The third-order valence-electron chi connectivity index (χ3n) is 4.51. The number of nitrogens with one attached hydrogen (secondary N) is 1. The van der Waals surface area contributed by atoms with E-state index in [1.807, 2.05) is 45.0 Å². The number of amides is 2. The summed E-state index contributed by atoms with van der Waals surface area (Å²) in [6.45, 7) is 7.15. The van der Waals surface area contributed by atoms with Crippen LogP contribution in [0.5, 0.6) is 11.5 Å². The highest BCUT2D eigenvalue weighted by atomic mass is 16.5. The van der Waals surface area contributed by atoms with Crippen molar-refractivity contribution in [1.82, 2.24) is 4.90 Å². The van der Waals surface area contributed by atoms with Crippen molar-refractivity contribution >= 4 is 17.5 Å². The fourth-order valence-electron chi connectivity index (χ4n) is 2.95. The van der Waals surface area contributed by atoms with E-state index in [0.29, 0.717) is 30.3 Å². The van der Waals surface area contributed by atoms with Crippen LogP contribution in [0.2, 0.25) is 0 Å². The van der Waals surface area contributed by atoms with Crippen LogP contribution in [-0.4, -0.2) is 43.5 Å². The number of likely N-dealkylation sites (N-methyl/N-ethyl adjacent to an activating group) is 1. The Kier molecular flexibility index (Phi) is 9.19. The Morgan fingerprint density at radius 3 is 2.27 bits per heavy atom. The van der Waals surface area contributed by atoms with Crippen molar-refractivity contribution in [2.75, 3.05) is 32.1 Å². The molecular weight excluding hydrogens is 380 g/mol. The van der Waals surface area contributed by atoms with E-state index in [-0.39, 0.29) is 18.4 Å². The summed E-state index contributed by atoms with van der Waals surface area (Å²) in [5.41, 5.74) is 2.29. The van der Waals surface area contributed by atoms with Crippen LogP contribution in [0.4, 0.5) is 5.69 Å². The van der Waals surface area contributed by atoms with E-state index in [2.05, 4.69) is 5.32 Å². The molecule has 1 N–H and O–H groups in total. The number of anilines is 1. The third kappa shape index (κ3) is 6.51. The average molecular weight is 413 g/mol. The van der Waals surface area contributed by atoms with Crippen LogP contribution in [-0.2, 0) is 11.2 Å². The molecule has 0 atom stereocenters. The first kappa shape index (κ1) is 23.3. The Morgan fingerprint density at radius 1 is 0.933 bits per heavy atom. The molecule has 6 nitrogen and oxygen atoms in total. The van der Waals surface area contributed by atoms with Gasteiger partial charge in [-0.1, -0.05) is 39.0 Å². The van der Waals surface area contributed by atoms with Crippen LogP contribution < -0.4 is 14.8 Å². The van der Waals surface area contributed by atoms with Gasteiger partial charge in [0.1, 0.15) is 0 Å². The van der Waals surface area contributed by atoms with Gasteiger partial charge in [-0.05, 0) is 49.1 Å². The molecular formula is C24H32N2O4. The van der Waals surface area contributed by atoms with Crippen molar-refractivity contribution in [3.63, 3.8) is 0 Å². The number of hydrogen-bond acceptors (Lipinski definition) is 4. The molecule has 6 heteroatoms. The molecule has 0 unspecified atom stereocenters. The molecule has 30 heavy (non-hydrogen) atoms. The highest BCUT2D eigenvalue weighted by Crippen LogP contribution is 2.29. The largest absolute Gasteiger partial charge is 0.490 e. The molecule has 0 fully saturated rings. The van der Waals surface area contributed by atoms with Gasteiger partial charge in [-0.15, -0.1) is 0 Å². The minimum atomic E-state index is -0.252. The monoisotopic (exact) mass is 412 g/mol. The summed E-state index contributed by atoms with van der Waals surface area (Å²) < 4.78 is 11.5. The molecule has 0 radical (unpaired) electrons. The molecule has 2 aromatic carbocycles. The summed E-state index contributed by atoms with van der Waals surface area (Å²) in [7, 11) is 1.61. The lowest BCUT2D eigenvalue weighted by molar-refractivity contribution is -0.116. The second-order valence-corrected chi connectivity index (χ2v) is 7.08. The van der Waals surface area contributed by atoms with Crippen molar-refractivity contribution in [1.29, 1.82) is 0 Å². The van der Waals surface area contributed by atoms with Gasteiger partial charge >= 0.3 is 0 Å².